The van der Waals surface area contributed by atoms with Crippen molar-refractivity contribution in [1.82, 2.24) is 15.0 Å². The Morgan fingerprint density at radius 3 is 3.17 bits per heavy atom. The zero-order valence-electron chi connectivity index (χ0n) is 10.9. The van der Waals surface area contributed by atoms with Gasteiger partial charge in [0.2, 0.25) is 0 Å². The number of aryl methyl sites for hydroxylation is 1. The number of nitrogens with zero attached hydrogens (tertiary/aromatic N) is 3. The highest BCUT2D eigenvalue weighted by Gasteiger charge is 2.58. The molecule has 4 rings (SSSR count). The van der Waals surface area contributed by atoms with Gasteiger partial charge < -0.3 is 9.88 Å². The van der Waals surface area contributed by atoms with E-state index < -0.39 is 0 Å². The Hall–Kier alpha value is -1.58. The Morgan fingerprint density at radius 2 is 2.39 bits per heavy atom. The molecule has 0 spiro atoms. The highest BCUT2D eigenvalue weighted by atomic mass is 15.2. The van der Waals surface area contributed by atoms with Crippen LogP contribution in [-0.2, 0) is 0 Å². The number of piperidine rings is 1. The van der Waals surface area contributed by atoms with Gasteiger partial charge in [0.05, 0.1) is 5.39 Å². The predicted octanol–water partition coefficient (Wildman–Crippen LogP) is 2.50. The van der Waals surface area contributed by atoms with Crippen LogP contribution in [0.2, 0.25) is 0 Å². The van der Waals surface area contributed by atoms with Gasteiger partial charge in [-0.1, -0.05) is 6.92 Å². The highest BCUT2D eigenvalue weighted by molar-refractivity contribution is 5.90. The van der Waals surface area contributed by atoms with Crippen LogP contribution in [0.3, 0.4) is 0 Å². The number of aromatic amines is 1. The normalized spacial score (nSPS) is 29.9. The van der Waals surface area contributed by atoms with Gasteiger partial charge in [-0.2, -0.15) is 0 Å². The molecule has 0 amide bonds. The van der Waals surface area contributed by atoms with Crippen molar-refractivity contribution in [2.24, 2.45) is 11.3 Å². The first kappa shape index (κ1) is 10.4. The van der Waals surface area contributed by atoms with Crippen molar-refractivity contribution in [3.8, 4) is 0 Å². The van der Waals surface area contributed by atoms with Crippen molar-refractivity contribution >= 4 is 16.9 Å². The van der Waals surface area contributed by atoms with Crippen LogP contribution in [0.4, 0.5) is 5.82 Å². The molecular weight excluding hydrogens is 224 g/mol. The van der Waals surface area contributed by atoms with Gasteiger partial charge in [0.25, 0.3) is 0 Å². The van der Waals surface area contributed by atoms with Crippen molar-refractivity contribution in [2.45, 2.75) is 26.7 Å². The zero-order valence-corrected chi connectivity index (χ0v) is 10.9. The smallest absolute Gasteiger partial charge is 0.143 e. The van der Waals surface area contributed by atoms with Gasteiger partial charge in [0, 0.05) is 19.3 Å². The van der Waals surface area contributed by atoms with E-state index in [9.17, 15) is 0 Å². The van der Waals surface area contributed by atoms with Crippen LogP contribution >= 0.6 is 0 Å². The molecule has 94 valence electrons. The second-order valence-corrected chi connectivity index (χ2v) is 5.89. The summed E-state index contributed by atoms with van der Waals surface area (Å²) in [5, 5.41) is 1.20. The minimum Gasteiger partial charge on any atom is -0.355 e. The number of hydrogen-bond acceptors (Lipinski definition) is 3. The van der Waals surface area contributed by atoms with Gasteiger partial charge in [-0.3, -0.25) is 0 Å². The summed E-state index contributed by atoms with van der Waals surface area (Å²) in [5.74, 6) is 2.02. The summed E-state index contributed by atoms with van der Waals surface area (Å²) in [6.45, 7) is 6.79. The molecule has 2 atom stereocenters. The lowest BCUT2D eigenvalue weighted by atomic mass is 10.0. The summed E-state index contributed by atoms with van der Waals surface area (Å²) in [7, 11) is 0. The molecular formula is C14H18N4. The molecule has 4 heteroatoms. The van der Waals surface area contributed by atoms with E-state index in [4.69, 9.17) is 0 Å². The number of anilines is 1. The summed E-state index contributed by atoms with van der Waals surface area (Å²) < 4.78 is 0. The van der Waals surface area contributed by atoms with Gasteiger partial charge in [0.15, 0.2) is 0 Å². The molecule has 1 aliphatic heterocycles. The number of hydrogen-bond donors (Lipinski definition) is 1. The van der Waals surface area contributed by atoms with Crippen molar-refractivity contribution in [1.29, 1.82) is 0 Å². The fourth-order valence-electron chi connectivity index (χ4n) is 3.64. The third-order valence-corrected chi connectivity index (χ3v) is 4.96. The maximum Gasteiger partial charge on any atom is 0.143 e. The quantitative estimate of drug-likeness (QED) is 0.880. The monoisotopic (exact) mass is 242 g/mol. The Labute approximate surface area is 106 Å². The third-order valence-electron chi connectivity index (χ3n) is 4.96. The average Bonchev–Trinajstić information content (AvgIpc) is 2.77. The number of fused-ring (bicyclic) bond motifs is 2. The fourth-order valence-corrected chi connectivity index (χ4v) is 3.64. The van der Waals surface area contributed by atoms with Gasteiger partial charge in [-0.05, 0) is 36.7 Å². The molecule has 3 heterocycles. The lowest BCUT2D eigenvalue weighted by molar-refractivity contribution is 0.509. The van der Waals surface area contributed by atoms with Crippen molar-refractivity contribution in [3.63, 3.8) is 0 Å². The molecule has 0 radical (unpaired) electrons. The molecule has 2 aromatic rings. The molecule has 2 aromatic heterocycles. The van der Waals surface area contributed by atoms with Gasteiger partial charge in [-0.25, -0.2) is 9.97 Å². The fraction of sp³-hybridized carbons (Fsp3) is 0.571. The molecule has 1 aliphatic carbocycles. The maximum atomic E-state index is 4.54. The number of aromatic nitrogens is 3. The molecule has 18 heavy (non-hydrogen) atoms. The van der Waals surface area contributed by atoms with Gasteiger partial charge in [0.1, 0.15) is 17.8 Å². The van der Waals surface area contributed by atoms with E-state index >= 15 is 0 Å². The van der Waals surface area contributed by atoms with E-state index in [1.807, 2.05) is 6.20 Å². The minimum atomic E-state index is 0.599. The molecule has 0 aromatic carbocycles. The number of nitrogens with one attached hydrogen (secondary N) is 1. The Kier molecular flexibility index (Phi) is 1.87. The van der Waals surface area contributed by atoms with E-state index in [2.05, 4.69) is 33.7 Å². The number of rotatable bonds is 2. The molecule has 2 aliphatic rings. The lowest BCUT2D eigenvalue weighted by Crippen LogP contribution is -2.25. The molecule has 1 saturated heterocycles. The molecule has 0 bridgehead atoms. The summed E-state index contributed by atoms with van der Waals surface area (Å²) in [6, 6.07) is 0. The molecule has 2 fully saturated rings. The van der Waals surface area contributed by atoms with Crippen LogP contribution in [0.5, 0.6) is 0 Å². The molecule has 1 saturated carbocycles. The van der Waals surface area contributed by atoms with Crippen LogP contribution in [0.25, 0.3) is 11.0 Å². The van der Waals surface area contributed by atoms with E-state index in [0.717, 1.165) is 17.4 Å². The van der Waals surface area contributed by atoms with Crippen LogP contribution in [0.15, 0.2) is 12.5 Å². The summed E-state index contributed by atoms with van der Waals surface area (Å²) in [6.07, 6.45) is 6.42. The average molecular weight is 242 g/mol. The Morgan fingerprint density at radius 1 is 1.50 bits per heavy atom. The van der Waals surface area contributed by atoms with Crippen LogP contribution in [0.1, 0.15) is 25.3 Å². The van der Waals surface area contributed by atoms with Crippen LogP contribution in [0, 0.1) is 18.3 Å². The van der Waals surface area contributed by atoms with Gasteiger partial charge in [-0.15, -0.1) is 0 Å². The van der Waals surface area contributed by atoms with E-state index in [-0.39, 0.29) is 0 Å². The number of H-pyrrole nitrogens is 1. The maximum absolute atomic E-state index is 4.54. The van der Waals surface area contributed by atoms with Crippen molar-refractivity contribution < 1.29 is 0 Å². The first-order valence-electron chi connectivity index (χ1n) is 6.77. The Bertz CT molecular complexity index is 613. The second kappa shape index (κ2) is 3.25. The third kappa shape index (κ3) is 1.21. The molecule has 1 N–H and O–H groups in total. The first-order chi connectivity index (χ1) is 8.73. The van der Waals surface area contributed by atoms with Crippen molar-refractivity contribution in [2.75, 3.05) is 18.0 Å². The summed E-state index contributed by atoms with van der Waals surface area (Å²) >= 11 is 0. The minimum absolute atomic E-state index is 0.599. The van der Waals surface area contributed by atoms with Crippen LogP contribution in [-0.4, -0.2) is 28.0 Å². The topological polar surface area (TPSA) is 44.8 Å². The zero-order chi connectivity index (χ0) is 12.3. The second-order valence-electron chi connectivity index (χ2n) is 5.89. The standard InChI is InChI=1S/C14H18N4/c1-3-14-4-10(14)6-18(7-14)13-11-9(2)5-15-12(11)16-8-17-13/h5,8,10H,3-4,6-7H2,1-2H3,(H,15,16,17). The summed E-state index contributed by atoms with van der Waals surface area (Å²) in [5.41, 5.74) is 2.80. The van der Waals surface area contributed by atoms with E-state index in [1.54, 1.807) is 6.33 Å². The van der Waals surface area contributed by atoms with Crippen LogP contribution < -0.4 is 4.90 Å². The van der Waals surface area contributed by atoms with E-state index in [1.165, 1.54) is 36.9 Å². The molecule has 4 nitrogen and oxygen atoms in total. The summed E-state index contributed by atoms with van der Waals surface area (Å²) in [4.78, 5) is 14.5. The molecule has 2 unspecified atom stereocenters. The SMILES string of the molecule is CCC12CC1CN(c1ncnc3[nH]cc(C)c13)C2. The first-order valence-corrected chi connectivity index (χ1v) is 6.77. The van der Waals surface area contributed by atoms with E-state index in [0.29, 0.717) is 5.41 Å². The van der Waals surface area contributed by atoms with Crippen molar-refractivity contribution in [3.05, 3.63) is 18.1 Å². The highest BCUT2D eigenvalue weighted by Crippen LogP contribution is 2.60. The predicted molar refractivity (Wildman–Crippen MR) is 71.7 cm³/mol. The largest absolute Gasteiger partial charge is 0.355 e. The lowest BCUT2D eigenvalue weighted by Gasteiger charge is -2.22. The Balaban J connectivity index is 1.78. The van der Waals surface area contributed by atoms with Gasteiger partial charge >= 0.3 is 0 Å².